The summed E-state index contributed by atoms with van der Waals surface area (Å²) in [5.74, 6) is 1.34. The van der Waals surface area contributed by atoms with Crippen LogP contribution in [0.5, 0.6) is 0 Å². The minimum absolute atomic E-state index is 0.0600. The molecule has 3 aromatic carbocycles. The summed E-state index contributed by atoms with van der Waals surface area (Å²) in [5.41, 5.74) is 4.78. The van der Waals surface area contributed by atoms with Crippen LogP contribution >= 0.6 is 0 Å². The van der Waals surface area contributed by atoms with Crippen LogP contribution in [-0.2, 0) is 6.54 Å². The molecular weight excluding hydrogens is 396 g/mol. The van der Waals surface area contributed by atoms with Crippen molar-refractivity contribution < 1.29 is 13.8 Å². The molecule has 0 unspecified atom stereocenters. The molecule has 0 aliphatic carbocycles. The Kier molecular flexibility index (Phi) is 5.41. The molecule has 0 saturated carbocycles. The number of rotatable bonds is 6. The van der Waals surface area contributed by atoms with E-state index in [2.05, 4.69) is 17.1 Å². The van der Waals surface area contributed by atoms with Crippen molar-refractivity contribution in [2.24, 2.45) is 0 Å². The van der Waals surface area contributed by atoms with Crippen LogP contribution in [0.15, 0.2) is 120 Å². The zero-order chi connectivity index (χ0) is 21.8. The lowest BCUT2D eigenvalue weighted by Crippen LogP contribution is -2.37. The molecule has 154 valence electrons. The highest BCUT2D eigenvalue weighted by Gasteiger charge is 2.14. The van der Waals surface area contributed by atoms with Crippen LogP contribution in [0.2, 0.25) is 0 Å². The average Bonchev–Trinajstić information content (AvgIpc) is 3.36. The minimum Gasteiger partial charge on any atom is -0.436 e. The van der Waals surface area contributed by atoms with E-state index >= 15 is 0 Å². The Morgan fingerprint density at radius 3 is 1.94 bits per heavy atom. The summed E-state index contributed by atoms with van der Waals surface area (Å²) in [6.07, 6.45) is 5.48. The number of hydrogen-bond donors (Lipinski definition) is 0. The van der Waals surface area contributed by atoms with Gasteiger partial charge in [-0.1, -0.05) is 84.9 Å². The second kappa shape index (κ2) is 8.82. The standard InChI is InChI=1S/C28H21N2O2/c31-26(23-13-11-22(12-14-23)21-7-3-1-4-8-21)20-30-17-15-25(16-18-30)28-29-19-27(32-28)24-9-5-2-6-10-24/h1-19H,20H2/q+1. The van der Waals surface area contributed by atoms with Crippen molar-refractivity contribution in [2.75, 3.05) is 0 Å². The summed E-state index contributed by atoms with van der Waals surface area (Å²) in [6.45, 7) is 0.270. The number of carbonyl (C=O) groups is 1. The van der Waals surface area contributed by atoms with Crippen molar-refractivity contribution >= 4 is 5.78 Å². The Morgan fingerprint density at radius 2 is 1.28 bits per heavy atom. The maximum absolute atomic E-state index is 12.7. The zero-order valence-corrected chi connectivity index (χ0v) is 17.4. The van der Waals surface area contributed by atoms with Crippen LogP contribution in [-0.4, -0.2) is 10.8 Å². The summed E-state index contributed by atoms with van der Waals surface area (Å²) in [4.78, 5) is 17.1. The van der Waals surface area contributed by atoms with Crippen molar-refractivity contribution in [2.45, 2.75) is 6.54 Å². The molecule has 2 aromatic heterocycles. The van der Waals surface area contributed by atoms with Gasteiger partial charge in [0.05, 0.1) is 6.20 Å². The Hall–Kier alpha value is -4.31. The first kappa shape index (κ1) is 19.6. The lowest BCUT2D eigenvalue weighted by Gasteiger charge is -2.03. The lowest BCUT2D eigenvalue weighted by molar-refractivity contribution is -0.683. The van der Waals surface area contributed by atoms with Crippen molar-refractivity contribution in [3.63, 3.8) is 0 Å². The van der Waals surface area contributed by atoms with E-state index in [1.807, 2.05) is 102 Å². The first-order chi connectivity index (χ1) is 15.8. The molecule has 0 aliphatic heterocycles. The molecule has 4 nitrogen and oxygen atoms in total. The monoisotopic (exact) mass is 417 g/mol. The molecule has 0 atom stereocenters. The second-order valence-electron chi connectivity index (χ2n) is 7.52. The highest BCUT2D eigenvalue weighted by Crippen LogP contribution is 2.25. The maximum Gasteiger partial charge on any atom is 0.227 e. The summed E-state index contributed by atoms with van der Waals surface area (Å²) < 4.78 is 7.77. The van der Waals surface area contributed by atoms with Gasteiger partial charge in [0.1, 0.15) is 0 Å². The average molecular weight is 417 g/mol. The number of benzene rings is 3. The summed E-state index contributed by atoms with van der Waals surface area (Å²) in [7, 11) is 0. The van der Waals surface area contributed by atoms with Gasteiger partial charge in [0.25, 0.3) is 0 Å². The fourth-order valence-electron chi connectivity index (χ4n) is 3.59. The zero-order valence-electron chi connectivity index (χ0n) is 17.4. The van der Waals surface area contributed by atoms with E-state index in [-0.39, 0.29) is 12.3 Å². The molecule has 2 heterocycles. The van der Waals surface area contributed by atoms with Gasteiger partial charge < -0.3 is 4.42 Å². The number of nitrogens with zero attached hydrogens (tertiary/aromatic N) is 2. The van der Waals surface area contributed by atoms with Gasteiger partial charge in [0, 0.05) is 28.8 Å². The van der Waals surface area contributed by atoms with Gasteiger partial charge in [-0.2, -0.15) is 4.57 Å². The number of carbonyl (C=O) groups excluding carboxylic acids is 1. The second-order valence-corrected chi connectivity index (χ2v) is 7.52. The first-order valence-electron chi connectivity index (χ1n) is 10.5. The molecule has 0 fully saturated rings. The van der Waals surface area contributed by atoms with E-state index < -0.39 is 0 Å². The van der Waals surface area contributed by atoms with Crippen molar-refractivity contribution in [3.8, 4) is 33.9 Å². The fraction of sp³-hybridized carbons (Fsp3) is 0.0357. The van der Waals surface area contributed by atoms with Crippen molar-refractivity contribution in [1.29, 1.82) is 0 Å². The Labute approximate surface area is 186 Å². The van der Waals surface area contributed by atoms with Crippen molar-refractivity contribution in [1.82, 2.24) is 4.98 Å². The molecule has 32 heavy (non-hydrogen) atoms. The lowest BCUT2D eigenvalue weighted by atomic mass is 10.0. The number of aromatic nitrogens is 2. The molecule has 0 N–H and O–H groups in total. The van der Waals surface area contributed by atoms with E-state index in [1.54, 1.807) is 6.20 Å². The van der Waals surface area contributed by atoms with Crippen LogP contribution in [0.4, 0.5) is 0 Å². The molecule has 0 bridgehead atoms. The smallest absolute Gasteiger partial charge is 0.227 e. The minimum atomic E-state index is 0.0600. The quantitative estimate of drug-likeness (QED) is 0.257. The fourth-order valence-corrected chi connectivity index (χ4v) is 3.59. The number of ketones is 1. The number of pyridine rings is 1. The Bertz CT molecular complexity index is 1320. The number of hydrogen-bond acceptors (Lipinski definition) is 3. The van der Waals surface area contributed by atoms with E-state index in [4.69, 9.17) is 4.42 Å². The van der Waals surface area contributed by atoms with Gasteiger partial charge in [-0.15, -0.1) is 0 Å². The van der Waals surface area contributed by atoms with Crippen LogP contribution in [0.1, 0.15) is 10.4 Å². The molecule has 5 aromatic rings. The highest BCUT2D eigenvalue weighted by atomic mass is 16.4. The third-order valence-corrected chi connectivity index (χ3v) is 5.34. The highest BCUT2D eigenvalue weighted by molar-refractivity contribution is 5.95. The topological polar surface area (TPSA) is 47.0 Å². The number of Topliss-reactive ketones (excluding diaryl/α,β-unsaturated/α-hetero) is 1. The molecule has 0 aliphatic rings. The van der Waals surface area contributed by atoms with Gasteiger partial charge in [0.2, 0.25) is 18.2 Å². The van der Waals surface area contributed by atoms with Gasteiger partial charge in [-0.05, 0) is 11.1 Å². The molecular formula is C28H21N2O2+. The third kappa shape index (κ3) is 4.25. The van der Waals surface area contributed by atoms with Crippen LogP contribution in [0.3, 0.4) is 0 Å². The largest absolute Gasteiger partial charge is 0.436 e. The van der Waals surface area contributed by atoms with Crippen LogP contribution < -0.4 is 4.57 Å². The predicted octanol–water partition coefficient (Wildman–Crippen LogP) is 5.85. The predicted molar refractivity (Wildman–Crippen MR) is 124 cm³/mol. The molecule has 0 amide bonds. The van der Waals surface area contributed by atoms with Crippen LogP contribution in [0.25, 0.3) is 33.9 Å². The molecule has 4 heteroatoms. The molecule has 5 rings (SSSR count). The Morgan fingerprint density at radius 1 is 0.688 bits per heavy atom. The summed E-state index contributed by atoms with van der Waals surface area (Å²) >= 11 is 0. The van der Waals surface area contributed by atoms with Gasteiger partial charge in [0.15, 0.2) is 18.2 Å². The Balaban J connectivity index is 1.27. The van der Waals surface area contributed by atoms with E-state index in [0.29, 0.717) is 11.5 Å². The van der Waals surface area contributed by atoms with E-state index in [1.165, 1.54) is 0 Å². The molecule has 0 saturated heterocycles. The number of oxazole rings is 1. The van der Waals surface area contributed by atoms with E-state index in [9.17, 15) is 4.79 Å². The van der Waals surface area contributed by atoms with Gasteiger partial charge >= 0.3 is 0 Å². The maximum atomic E-state index is 12.7. The first-order valence-corrected chi connectivity index (χ1v) is 10.5. The van der Waals surface area contributed by atoms with E-state index in [0.717, 1.165) is 28.0 Å². The molecule has 0 spiro atoms. The normalized spacial score (nSPS) is 10.8. The summed E-state index contributed by atoms with van der Waals surface area (Å²) in [6, 6.07) is 31.6. The molecule has 0 radical (unpaired) electrons. The van der Waals surface area contributed by atoms with Crippen LogP contribution in [0, 0.1) is 0 Å². The summed E-state index contributed by atoms with van der Waals surface area (Å²) in [5, 5.41) is 0. The van der Waals surface area contributed by atoms with Crippen molar-refractivity contribution in [3.05, 3.63) is 121 Å². The van der Waals surface area contributed by atoms with Gasteiger partial charge in [-0.25, -0.2) is 4.98 Å². The SMILES string of the molecule is O=C(C[n+]1ccc(-c2ncc(-c3ccccc3)o2)cc1)c1ccc(-c2ccccc2)cc1. The third-order valence-electron chi connectivity index (χ3n) is 5.34. The van der Waals surface area contributed by atoms with Gasteiger partial charge in [-0.3, -0.25) is 4.79 Å².